The highest BCUT2D eigenvalue weighted by molar-refractivity contribution is 8.05. The van der Waals surface area contributed by atoms with Crippen LogP contribution in [0, 0.1) is 6.92 Å². The van der Waals surface area contributed by atoms with Gasteiger partial charge in [-0.05, 0) is 43.2 Å². The lowest BCUT2D eigenvalue weighted by molar-refractivity contribution is -0.116. The molecule has 4 nitrogen and oxygen atoms in total. The first kappa shape index (κ1) is 14.8. The number of hydrogen-bond acceptors (Lipinski definition) is 4. The summed E-state index contributed by atoms with van der Waals surface area (Å²) in [4.78, 5) is 12.7. The lowest BCUT2D eigenvalue weighted by Crippen LogP contribution is -2.30. The molecule has 1 atom stereocenters. The molecule has 2 heterocycles. The maximum Gasteiger partial charge on any atom is 0.260 e. The summed E-state index contributed by atoms with van der Waals surface area (Å²) < 4.78 is 5.48. The molecule has 0 bridgehead atoms. The Labute approximate surface area is 134 Å². The summed E-state index contributed by atoms with van der Waals surface area (Å²) in [5, 5.41) is 6.21. The van der Waals surface area contributed by atoms with Crippen LogP contribution in [0.4, 0.5) is 5.69 Å². The largest absolute Gasteiger partial charge is 0.462 e. The van der Waals surface area contributed by atoms with Crippen LogP contribution in [0.15, 0.2) is 45.7 Å². The van der Waals surface area contributed by atoms with Crippen molar-refractivity contribution >= 4 is 29.4 Å². The van der Waals surface area contributed by atoms with Crippen molar-refractivity contribution < 1.29 is 9.21 Å². The molecule has 0 unspecified atom stereocenters. The highest BCUT2D eigenvalue weighted by atomic mass is 32.2. The predicted octanol–water partition coefficient (Wildman–Crippen LogP) is 3.75. The standard InChI is InChI=1S/C17H18N2O2S/c1-3-12-5-7-13(8-6-12)18-17-19-16(20)15(22-17)10-14-9-4-11(2)21-14/h4-10,17-18H,3H2,1-2H3,(H,19,20)/b15-10-/t17-/m1/s1. The third-order valence-corrected chi connectivity index (χ3v) is 4.45. The molecule has 1 fully saturated rings. The van der Waals surface area contributed by atoms with Gasteiger partial charge in [0.05, 0.1) is 4.91 Å². The van der Waals surface area contributed by atoms with Gasteiger partial charge in [0.15, 0.2) is 5.50 Å². The summed E-state index contributed by atoms with van der Waals surface area (Å²) >= 11 is 1.46. The number of carbonyl (C=O) groups is 1. The second kappa shape index (κ2) is 6.32. The summed E-state index contributed by atoms with van der Waals surface area (Å²) in [6.07, 6.45) is 2.79. The molecule has 3 rings (SSSR count). The van der Waals surface area contributed by atoms with Gasteiger partial charge in [0, 0.05) is 11.8 Å². The summed E-state index contributed by atoms with van der Waals surface area (Å²) in [6, 6.07) is 12.0. The highest BCUT2D eigenvalue weighted by Crippen LogP contribution is 2.30. The van der Waals surface area contributed by atoms with E-state index in [1.165, 1.54) is 17.3 Å². The number of benzene rings is 1. The number of rotatable bonds is 4. The summed E-state index contributed by atoms with van der Waals surface area (Å²) in [5.41, 5.74) is 2.12. The number of hydrogen-bond donors (Lipinski definition) is 2. The average molecular weight is 314 g/mol. The Balaban J connectivity index is 1.67. The van der Waals surface area contributed by atoms with Crippen LogP contribution in [0.2, 0.25) is 0 Å². The molecular formula is C17H18N2O2S. The van der Waals surface area contributed by atoms with E-state index in [0.29, 0.717) is 10.7 Å². The SMILES string of the molecule is CCc1ccc(N[C@@H]2NC(=O)/C(=C/c3ccc(C)o3)S2)cc1. The fourth-order valence-electron chi connectivity index (χ4n) is 2.21. The Morgan fingerprint density at radius 1 is 1.27 bits per heavy atom. The average Bonchev–Trinajstić information content (AvgIpc) is 3.06. The van der Waals surface area contributed by atoms with Crippen molar-refractivity contribution in [3.05, 3.63) is 58.4 Å². The molecule has 1 aromatic heterocycles. The van der Waals surface area contributed by atoms with E-state index in [-0.39, 0.29) is 11.4 Å². The molecule has 5 heteroatoms. The van der Waals surface area contributed by atoms with Crippen LogP contribution in [0.25, 0.3) is 6.08 Å². The van der Waals surface area contributed by atoms with Crippen LogP contribution < -0.4 is 10.6 Å². The number of amides is 1. The van der Waals surface area contributed by atoms with Gasteiger partial charge in [-0.15, -0.1) is 0 Å². The van der Waals surface area contributed by atoms with E-state index >= 15 is 0 Å². The Kier molecular flexibility index (Phi) is 4.24. The third-order valence-electron chi connectivity index (χ3n) is 3.43. The van der Waals surface area contributed by atoms with Gasteiger partial charge in [-0.2, -0.15) is 0 Å². The number of furan rings is 1. The minimum atomic E-state index is -0.165. The molecule has 22 heavy (non-hydrogen) atoms. The fraction of sp³-hybridized carbons (Fsp3) is 0.235. The van der Waals surface area contributed by atoms with E-state index < -0.39 is 0 Å². The summed E-state index contributed by atoms with van der Waals surface area (Å²) in [6.45, 7) is 4.01. The van der Waals surface area contributed by atoms with Crippen molar-refractivity contribution in [3.8, 4) is 0 Å². The van der Waals surface area contributed by atoms with Crippen molar-refractivity contribution in [2.75, 3.05) is 5.32 Å². The van der Waals surface area contributed by atoms with E-state index in [0.717, 1.165) is 17.9 Å². The topological polar surface area (TPSA) is 54.3 Å². The van der Waals surface area contributed by atoms with Crippen molar-refractivity contribution in [1.82, 2.24) is 5.32 Å². The monoisotopic (exact) mass is 314 g/mol. The van der Waals surface area contributed by atoms with Crippen molar-refractivity contribution in [2.24, 2.45) is 0 Å². The number of nitrogens with one attached hydrogen (secondary N) is 2. The molecule has 114 valence electrons. The molecule has 2 aromatic rings. The van der Waals surface area contributed by atoms with Gasteiger partial charge in [-0.3, -0.25) is 4.79 Å². The summed E-state index contributed by atoms with van der Waals surface area (Å²) in [5.74, 6) is 1.45. The van der Waals surface area contributed by atoms with Crippen LogP contribution in [0.5, 0.6) is 0 Å². The van der Waals surface area contributed by atoms with E-state index in [1.54, 1.807) is 6.08 Å². The van der Waals surface area contributed by atoms with Crippen LogP contribution in [0.1, 0.15) is 24.0 Å². The van der Waals surface area contributed by atoms with Crippen molar-refractivity contribution in [3.63, 3.8) is 0 Å². The number of aryl methyl sites for hydroxylation is 2. The second-order valence-corrected chi connectivity index (χ2v) is 6.27. The predicted molar refractivity (Wildman–Crippen MR) is 90.4 cm³/mol. The minimum absolute atomic E-state index is 0.0817. The van der Waals surface area contributed by atoms with Crippen LogP contribution in [-0.2, 0) is 11.2 Å². The van der Waals surface area contributed by atoms with E-state index in [9.17, 15) is 4.79 Å². The molecule has 1 saturated heterocycles. The first-order chi connectivity index (χ1) is 10.6. The maximum absolute atomic E-state index is 12.0. The van der Waals surface area contributed by atoms with Crippen molar-refractivity contribution in [1.29, 1.82) is 0 Å². The minimum Gasteiger partial charge on any atom is -0.462 e. The quantitative estimate of drug-likeness (QED) is 0.844. The molecule has 0 saturated carbocycles. The van der Waals surface area contributed by atoms with Gasteiger partial charge in [0.2, 0.25) is 0 Å². The highest BCUT2D eigenvalue weighted by Gasteiger charge is 2.27. The van der Waals surface area contributed by atoms with Crippen molar-refractivity contribution in [2.45, 2.75) is 25.8 Å². The molecule has 0 radical (unpaired) electrons. The lowest BCUT2D eigenvalue weighted by atomic mass is 10.1. The number of carbonyl (C=O) groups excluding carboxylic acids is 1. The zero-order valence-corrected chi connectivity index (χ0v) is 13.4. The molecule has 1 aliphatic heterocycles. The van der Waals surface area contributed by atoms with Gasteiger partial charge in [0.25, 0.3) is 5.91 Å². The van der Waals surface area contributed by atoms with E-state index in [4.69, 9.17) is 4.42 Å². The lowest BCUT2D eigenvalue weighted by Gasteiger charge is -2.12. The zero-order valence-electron chi connectivity index (χ0n) is 12.6. The van der Waals surface area contributed by atoms with Crippen LogP contribution in [0.3, 0.4) is 0 Å². The number of thioether (sulfide) groups is 1. The molecule has 1 aliphatic rings. The zero-order chi connectivity index (χ0) is 15.5. The number of anilines is 1. The maximum atomic E-state index is 12.0. The fourth-order valence-corrected chi connectivity index (χ4v) is 3.18. The molecule has 1 aromatic carbocycles. The van der Waals surface area contributed by atoms with Gasteiger partial charge >= 0.3 is 0 Å². The molecule has 2 N–H and O–H groups in total. The van der Waals surface area contributed by atoms with Gasteiger partial charge < -0.3 is 15.1 Å². The Morgan fingerprint density at radius 3 is 2.68 bits per heavy atom. The second-order valence-electron chi connectivity index (χ2n) is 5.12. The first-order valence-electron chi connectivity index (χ1n) is 7.25. The molecular weight excluding hydrogens is 296 g/mol. The normalized spacial score (nSPS) is 19.5. The van der Waals surface area contributed by atoms with Crippen LogP contribution >= 0.6 is 11.8 Å². The van der Waals surface area contributed by atoms with Crippen LogP contribution in [-0.4, -0.2) is 11.4 Å². The Morgan fingerprint density at radius 2 is 2.05 bits per heavy atom. The third kappa shape index (κ3) is 3.36. The van der Waals surface area contributed by atoms with E-state index in [2.05, 4.69) is 29.7 Å². The van der Waals surface area contributed by atoms with Gasteiger partial charge in [-0.25, -0.2) is 0 Å². The summed E-state index contributed by atoms with van der Waals surface area (Å²) in [7, 11) is 0. The van der Waals surface area contributed by atoms with Gasteiger partial charge in [0.1, 0.15) is 11.5 Å². The Bertz CT molecular complexity index is 704. The van der Waals surface area contributed by atoms with E-state index in [1.807, 2.05) is 31.2 Å². The van der Waals surface area contributed by atoms with Gasteiger partial charge in [-0.1, -0.05) is 30.8 Å². The molecule has 0 spiro atoms. The smallest absolute Gasteiger partial charge is 0.260 e. The molecule has 0 aliphatic carbocycles. The molecule has 1 amide bonds. The first-order valence-corrected chi connectivity index (χ1v) is 8.13. The Hall–Kier alpha value is -2.14.